The zero-order valence-corrected chi connectivity index (χ0v) is 14.6. The Labute approximate surface area is 133 Å². The topological polar surface area (TPSA) is 71.4 Å². The number of hydrogen-bond donors (Lipinski definition) is 1. The van der Waals surface area contributed by atoms with Crippen LogP contribution in [0.1, 0.15) is 73.1 Å². The van der Waals surface area contributed by atoms with Gasteiger partial charge < -0.3 is 9.90 Å². The van der Waals surface area contributed by atoms with Gasteiger partial charge in [-0.05, 0) is 49.9 Å². The van der Waals surface area contributed by atoms with Gasteiger partial charge in [-0.15, -0.1) is 0 Å². The quantitative estimate of drug-likeness (QED) is 0.775. The van der Waals surface area contributed by atoms with Crippen molar-refractivity contribution in [3.8, 4) is 0 Å². The van der Waals surface area contributed by atoms with Crippen molar-refractivity contribution in [2.75, 3.05) is 0 Å². The van der Waals surface area contributed by atoms with Crippen molar-refractivity contribution < 1.29 is 19.5 Å². The molecule has 1 rings (SSSR count). The van der Waals surface area contributed by atoms with Crippen LogP contribution in [0.15, 0.2) is 0 Å². The third-order valence-corrected chi connectivity index (χ3v) is 5.73. The van der Waals surface area contributed by atoms with Crippen molar-refractivity contribution in [2.24, 2.45) is 22.7 Å². The first-order chi connectivity index (χ1) is 10.0. The molecule has 1 aliphatic rings. The van der Waals surface area contributed by atoms with E-state index in [0.29, 0.717) is 12.8 Å². The van der Waals surface area contributed by atoms with E-state index in [4.69, 9.17) is 0 Å². The molecule has 0 aromatic heterocycles. The first-order valence-corrected chi connectivity index (χ1v) is 8.22. The summed E-state index contributed by atoms with van der Waals surface area (Å²) in [5.41, 5.74) is -0.448. The molecule has 3 atom stereocenters. The third-order valence-electron chi connectivity index (χ3n) is 5.73. The van der Waals surface area contributed by atoms with Gasteiger partial charge in [0.05, 0.1) is 0 Å². The highest BCUT2D eigenvalue weighted by atomic mass is 16.4. The van der Waals surface area contributed by atoms with E-state index >= 15 is 0 Å². The fourth-order valence-electron chi connectivity index (χ4n) is 4.61. The number of carboxylic acid groups (broad SMARTS) is 1. The normalized spacial score (nSPS) is 28.9. The van der Waals surface area contributed by atoms with Gasteiger partial charge in [-0.2, -0.15) is 0 Å². The van der Waals surface area contributed by atoms with Crippen LogP contribution in [0, 0.1) is 22.7 Å². The van der Waals surface area contributed by atoms with Crippen molar-refractivity contribution in [2.45, 2.75) is 73.1 Å². The molecule has 0 spiro atoms. The molecule has 1 aliphatic carbocycles. The molecule has 0 aromatic carbocycles. The number of rotatable bonds is 7. The van der Waals surface area contributed by atoms with E-state index < -0.39 is 5.97 Å². The van der Waals surface area contributed by atoms with Gasteiger partial charge in [0.2, 0.25) is 0 Å². The maximum absolute atomic E-state index is 12.2. The summed E-state index contributed by atoms with van der Waals surface area (Å²) in [5, 5.41) is 9.33. The molecule has 0 saturated heterocycles. The molecule has 0 bridgehead atoms. The van der Waals surface area contributed by atoms with Gasteiger partial charge in [-0.1, -0.05) is 27.2 Å². The summed E-state index contributed by atoms with van der Waals surface area (Å²) in [6, 6.07) is 0. The molecule has 0 amide bonds. The molecule has 1 N–H and O–H groups in total. The van der Waals surface area contributed by atoms with Crippen molar-refractivity contribution in [3.05, 3.63) is 0 Å². The third kappa shape index (κ3) is 4.17. The van der Waals surface area contributed by atoms with Gasteiger partial charge in [-0.3, -0.25) is 9.59 Å². The SMILES string of the molecule is CC(=O)CC[C@H](C(C)=O)[C@]1(C)CCCC(C)(C)[C@H]1CC(=O)O. The lowest BCUT2D eigenvalue weighted by Crippen LogP contribution is -2.49. The molecule has 1 fully saturated rings. The first-order valence-electron chi connectivity index (χ1n) is 8.22. The van der Waals surface area contributed by atoms with Crippen LogP contribution in [-0.4, -0.2) is 22.6 Å². The van der Waals surface area contributed by atoms with Crippen molar-refractivity contribution in [1.29, 1.82) is 0 Å². The fraction of sp³-hybridized carbons (Fsp3) is 0.833. The molecule has 4 nitrogen and oxygen atoms in total. The maximum atomic E-state index is 12.2. The Morgan fingerprint density at radius 3 is 2.18 bits per heavy atom. The van der Waals surface area contributed by atoms with E-state index in [2.05, 4.69) is 20.8 Å². The highest BCUT2D eigenvalue weighted by Crippen LogP contribution is 2.57. The minimum absolute atomic E-state index is 0.0490. The van der Waals surface area contributed by atoms with Gasteiger partial charge >= 0.3 is 5.97 Å². The van der Waals surface area contributed by atoms with Crippen molar-refractivity contribution >= 4 is 17.5 Å². The second kappa shape index (κ2) is 6.93. The standard InChI is InChI=1S/C18H30O4/c1-12(19)7-8-14(13(2)20)18(5)10-6-9-17(3,4)15(18)11-16(21)22/h14-15H,6-11H2,1-5H3,(H,21,22)/t14-,15-,18+/m1/s1. The number of Topliss-reactive ketones (excluding diaryl/α,β-unsaturated/α-hetero) is 2. The lowest BCUT2D eigenvalue weighted by Gasteiger charge is -2.53. The van der Waals surface area contributed by atoms with E-state index in [1.54, 1.807) is 13.8 Å². The minimum atomic E-state index is -0.805. The summed E-state index contributed by atoms with van der Waals surface area (Å²) in [4.78, 5) is 34.9. The summed E-state index contributed by atoms with van der Waals surface area (Å²) in [6.45, 7) is 9.41. The Morgan fingerprint density at radius 1 is 1.14 bits per heavy atom. The number of aliphatic carboxylic acids is 1. The molecule has 4 heteroatoms. The molecule has 22 heavy (non-hydrogen) atoms. The Balaban J connectivity index is 3.17. The van der Waals surface area contributed by atoms with Crippen LogP contribution in [0.5, 0.6) is 0 Å². The molecule has 0 unspecified atom stereocenters. The first kappa shape index (κ1) is 18.9. The van der Waals surface area contributed by atoms with Crippen LogP contribution in [0.2, 0.25) is 0 Å². The number of carbonyl (C=O) groups excluding carboxylic acids is 2. The second-order valence-electron chi connectivity index (χ2n) is 7.90. The summed E-state index contributed by atoms with van der Waals surface area (Å²) >= 11 is 0. The summed E-state index contributed by atoms with van der Waals surface area (Å²) in [5.74, 6) is -0.927. The van der Waals surface area contributed by atoms with E-state index in [0.717, 1.165) is 19.3 Å². The Kier molecular flexibility index (Phi) is 5.94. The van der Waals surface area contributed by atoms with Crippen molar-refractivity contribution in [1.82, 2.24) is 0 Å². The van der Waals surface area contributed by atoms with Gasteiger partial charge in [0, 0.05) is 18.8 Å². The average Bonchev–Trinajstić information content (AvgIpc) is 2.33. The molecule has 0 aliphatic heterocycles. The van der Waals surface area contributed by atoms with Crippen molar-refractivity contribution in [3.63, 3.8) is 0 Å². The number of carboxylic acids is 1. The minimum Gasteiger partial charge on any atom is -0.481 e. The molecular formula is C18H30O4. The summed E-state index contributed by atoms with van der Waals surface area (Å²) in [6.07, 6.45) is 3.86. The summed E-state index contributed by atoms with van der Waals surface area (Å²) in [7, 11) is 0. The van der Waals surface area contributed by atoms with Crippen LogP contribution in [0.4, 0.5) is 0 Å². The highest BCUT2D eigenvalue weighted by Gasteiger charge is 2.51. The van der Waals surface area contributed by atoms with E-state index in [-0.39, 0.29) is 40.7 Å². The van der Waals surface area contributed by atoms with Gasteiger partial charge in [0.1, 0.15) is 11.6 Å². The monoisotopic (exact) mass is 310 g/mol. The maximum Gasteiger partial charge on any atom is 0.303 e. The average molecular weight is 310 g/mol. The summed E-state index contributed by atoms with van der Waals surface area (Å²) < 4.78 is 0. The van der Waals surface area contributed by atoms with Crippen LogP contribution in [-0.2, 0) is 14.4 Å². The molecule has 1 saturated carbocycles. The Bertz CT molecular complexity index is 452. The van der Waals surface area contributed by atoms with Crippen LogP contribution < -0.4 is 0 Å². The molecule has 0 radical (unpaired) electrons. The van der Waals surface area contributed by atoms with Gasteiger partial charge in [-0.25, -0.2) is 0 Å². The predicted octanol–water partition coefficient (Wildman–Crippen LogP) is 3.87. The molecule has 0 aromatic rings. The number of hydrogen-bond acceptors (Lipinski definition) is 3. The second-order valence-corrected chi connectivity index (χ2v) is 7.90. The van der Waals surface area contributed by atoms with E-state index in [9.17, 15) is 19.5 Å². The zero-order valence-electron chi connectivity index (χ0n) is 14.6. The Morgan fingerprint density at radius 2 is 1.73 bits per heavy atom. The van der Waals surface area contributed by atoms with Crippen LogP contribution >= 0.6 is 0 Å². The predicted molar refractivity (Wildman–Crippen MR) is 85.6 cm³/mol. The zero-order chi connectivity index (χ0) is 17.1. The Hall–Kier alpha value is -1.19. The van der Waals surface area contributed by atoms with Crippen LogP contribution in [0.3, 0.4) is 0 Å². The van der Waals surface area contributed by atoms with Gasteiger partial charge in [0.15, 0.2) is 0 Å². The van der Waals surface area contributed by atoms with Crippen LogP contribution in [0.25, 0.3) is 0 Å². The lowest BCUT2D eigenvalue weighted by molar-refractivity contribution is -0.148. The molecular weight excluding hydrogens is 280 g/mol. The smallest absolute Gasteiger partial charge is 0.303 e. The van der Waals surface area contributed by atoms with E-state index in [1.807, 2.05) is 0 Å². The number of carbonyl (C=O) groups is 3. The largest absolute Gasteiger partial charge is 0.481 e. The fourth-order valence-corrected chi connectivity index (χ4v) is 4.61. The lowest BCUT2D eigenvalue weighted by atomic mass is 9.50. The highest BCUT2D eigenvalue weighted by molar-refractivity contribution is 5.81. The number of ketones is 2. The molecule has 0 heterocycles. The van der Waals surface area contributed by atoms with E-state index in [1.165, 1.54) is 0 Å². The molecule has 126 valence electrons. The van der Waals surface area contributed by atoms with Gasteiger partial charge in [0.25, 0.3) is 0 Å².